The standard InChI is InChI=1S/C11H6BrClN2O3/c12-7-2-8(5-14-4-7)18-10-9(13)1-6(3-15-10)11(16)17/h1-5H,(H,16,17). The maximum atomic E-state index is 10.7. The number of pyridine rings is 2. The molecule has 2 rings (SSSR count). The topological polar surface area (TPSA) is 72.3 Å². The summed E-state index contributed by atoms with van der Waals surface area (Å²) in [6.07, 6.45) is 4.28. The highest BCUT2D eigenvalue weighted by Gasteiger charge is 2.10. The third-order valence-corrected chi connectivity index (χ3v) is 2.65. The molecule has 2 aromatic heterocycles. The van der Waals surface area contributed by atoms with E-state index in [1.165, 1.54) is 18.5 Å². The summed E-state index contributed by atoms with van der Waals surface area (Å²) >= 11 is 9.13. The molecule has 0 fully saturated rings. The second-order valence-electron chi connectivity index (χ2n) is 3.26. The number of aromatic nitrogens is 2. The van der Waals surface area contributed by atoms with E-state index in [2.05, 4.69) is 25.9 Å². The molecule has 0 aliphatic carbocycles. The molecular formula is C11H6BrClN2O3. The van der Waals surface area contributed by atoms with Crippen molar-refractivity contribution in [2.75, 3.05) is 0 Å². The zero-order chi connectivity index (χ0) is 13.1. The Labute approximate surface area is 116 Å². The van der Waals surface area contributed by atoms with Crippen LogP contribution in [-0.4, -0.2) is 21.0 Å². The molecule has 0 aromatic carbocycles. The molecule has 2 heterocycles. The third kappa shape index (κ3) is 2.96. The molecule has 5 nitrogen and oxygen atoms in total. The monoisotopic (exact) mass is 328 g/mol. The number of hydrogen-bond donors (Lipinski definition) is 1. The first-order chi connectivity index (χ1) is 8.56. The zero-order valence-corrected chi connectivity index (χ0v) is 11.1. The molecule has 92 valence electrons. The molecule has 2 aromatic rings. The summed E-state index contributed by atoms with van der Waals surface area (Å²) in [7, 11) is 0. The molecule has 0 aliphatic rings. The van der Waals surface area contributed by atoms with Crippen molar-refractivity contribution in [1.29, 1.82) is 0 Å². The second kappa shape index (κ2) is 5.32. The van der Waals surface area contributed by atoms with Crippen molar-refractivity contribution >= 4 is 33.5 Å². The van der Waals surface area contributed by atoms with Gasteiger partial charge in [0.25, 0.3) is 0 Å². The van der Waals surface area contributed by atoms with Crippen molar-refractivity contribution in [2.45, 2.75) is 0 Å². The Kier molecular flexibility index (Phi) is 3.78. The van der Waals surface area contributed by atoms with E-state index < -0.39 is 5.97 Å². The lowest BCUT2D eigenvalue weighted by Crippen LogP contribution is -1.98. The van der Waals surface area contributed by atoms with Crippen molar-refractivity contribution < 1.29 is 14.6 Å². The molecule has 0 radical (unpaired) electrons. The van der Waals surface area contributed by atoms with Gasteiger partial charge in [-0.3, -0.25) is 4.98 Å². The van der Waals surface area contributed by atoms with Crippen molar-refractivity contribution in [1.82, 2.24) is 9.97 Å². The average molecular weight is 330 g/mol. The fourth-order valence-corrected chi connectivity index (χ4v) is 1.73. The normalized spacial score (nSPS) is 10.1. The Morgan fingerprint density at radius 2 is 2.11 bits per heavy atom. The van der Waals surface area contributed by atoms with E-state index in [-0.39, 0.29) is 16.5 Å². The van der Waals surface area contributed by atoms with Crippen LogP contribution in [-0.2, 0) is 0 Å². The second-order valence-corrected chi connectivity index (χ2v) is 4.58. The maximum absolute atomic E-state index is 10.7. The Morgan fingerprint density at radius 3 is 2.72 bits per heavy atom. The number of ether oxygens (including phenoxy) is 1. The Hall–Kier alpha value is -1.66. The molecular weight excluding hydrogens is 323 g/mol. The Bertz CT molecular complexity index is 607. The van der Waals surface area contributed by atoms with E-state index in [1.807, 2.05) is 0 Å². The van der Waals surface area contributed by atoms with E-state index in [9.17, 15) is 4.79 Å². The molecule has 0 bridgehead atoms. The molecule has 7 heteroatoms. The fraction of sp³-hybridized carbons (Fsp3) is 0. The number of carboxylic acid groups (broad SMARTS) is 1. The third-order valence-electron chi connectivity index (χ3n) is 1.95. The molecule has 0 aliphatic heterocycles. The molecule has 0 saturated carbocycles. The van der Waals surface area contributed by atoms with Gasteiger partial charge in [0.15, 0.2) is 0 Å². The first-order valence-electron chi connectivity index (χ1n) is 4.73. The fourth-order valence-electron chi connectivity index (χ4n) is 1.18. The van der Waals surface area contributed by atoms with Gasteiger partial charge in [-0.25, -0.2) is 9.78 Å². The van der Waals surface area contributed by atoms with E-state index in [0.717, 1.165) is 4.47 Å². The van der Waals surface area contributed by atoms with Crippen LogP contribution in [0.4, 0.5) is 0 Å². The predicted octanol–water partition coefficient (Wildman–Crippen LogP) is 3.38. The van der Waals surface area contributed by atoms with Crippen LogP contribution in [0.2, 0.25) is 5.02 Å². The molecule has 0 amide bonds. The van der Waals surface area contributed by atoms with Crippen LogP contribution in [0.25, 0.3) is 0 Å². The van der Waals surface area contributed by atoms with E-state index in [0.29, 0.717) is 5.75 Å². The SMILES string of the molecule is O=C(O)c1cnc(Oc2cncc(Br)c2)c(Cl)c1. The van der Waals surface area contributed by atoms with E-state index in [1.54, 1.807) is 12.3 Å². The van der Waals surface area contributed by atoms with Crippen LogP contribution in [0.3, 0.4) is 0 Å². The van der Waals surface area contributed by atoms with Gasteiger partial charge in [0, 0.05) is 16.9 Å². The molecule has 0 spiro atoms. The summed E-state index contributed by atoms with van der Waals surface area (Å²) in [4.78, 5) is 18.5. The first-order valence-corrected chi connectivity index (χ1v) is 5.90. The number of carboxylic acids is 1. The van der Waals surface area contributed by atoms with Crippen molar-refractivity contribution in [2.24, 2.45) is 0 Å². The lowest BCUT2D eigenvalue weighted by atomic mass is 10.3. The highest BCUT2D eigenvalue weighted by molar-refractivity contribution is 9.10. The zero-order valence-electron chi connectivity index (χ0n) is 8.80. The highest BCUT2D eigenvalue weighted by Crippen LogP contribution is 2.28. The van der Waals surface area contributed by atoms with Crippen molar-refractivity contribution in [3.63, 3.8) is 0 Å². The van der Waals surface area contributed by atoms with Crippen LogP contribution in [0, 0.1) is 0 Å². The summed E-state index contributed by atoms with van der Waals surface area (Å²) in [6, 6.07) is 2.97. The van der Waals surface area contributed by atoms with Crippen molar-refractivity contribution in [3.05, 3.63) is 45.8 Å². The smallest absolute Gasteiger partial charge is 0.337 e. The lowest BCUT2D eigenvalue weighted by molar-refractivity contribution is 0.0696. The minimum atomic E-state index is -1.10. The minimum absolute atomic E-state index is 0.000262. The quantitative estimate of drug-likeness (QED) is 0.934. The summed E-state index contributed by atoms with van der Waals surface area (Å²) in [6.45, 7) is 0. The van der Waals surface area contributed by atoms with Gasteiger partial charge in [0.1, 0.15) is 10.8 Å². The summed E-state index contributed by atoms with van der Waals surface area (Å²) < 4.78 is 6.14. The Morgan fingerprint density at radius 1 is 1.33 bits per heavy atom. The highest BCUT2D eigenvalue weighted by atomic mass is 79.9. The number of carbonyl (C=O) groups is 1. The van der Waals surface area contributed by atoms with Gasteiger partial charge in [0.05, 0.1) is 11.8 Å². The molecule has 0 atom stereocenters. The van der Waals surface area contributed by atoms with Crippen LogP contribution in [0.1, 0.15) is 10.4 Å². The van der Waals surface area contributed by atoms with Gasteiger partial charge in [0.2, 0.25) is 5.88 Å². The van der Waals surface area contributed by atoms with Crippen LogP contribution in [0.15, 0.2) is 35.2 Å². The van der Waals surface area contributed by atoms with Crippen molar-refractivity contribution in [3.8, 4) is 11.6 Å². The summed E-state index contributed by atoms with van der Waals surface area (Å²) in [5.74, 6) is -0.525. The van der Waals surface area contributed by atoms with Crippen LogP contribution < -0.4 is 4.74 Å². The molecule has 18 heavy (non-hydrogen) atoms. The minimum Gasteiger partial charge on any atom is -0.478 e. The van der Waals surface area contributed by atoms with E-state index >= 15 is 0 Å². The number of aromatic carboxylic acids is 1. The summed E-state index contributed by atoms with van der Waals surface area (Å²) in [5.41, 5.74) is -0.000262. The van der Waals surface area contributed by atoms with E-state index in [4.69, 9.17) is 21.4 Å². The first kappa shape index (κ1) is 12.8. The molecule has 0 saturated heterocycles. The number of rotatable bonds is 3. The van der Waals surface area contributed by atoms with Crippen LogP contribution >= 0.6 is 27.5 Å². The predicted molar refractivity (Wildman–Crippen MR) is 68.2 cm³/mol. The van der Waals surface area contributed by atoms with Gasteiger partial charge in [-0.2, -0.15) is 0 Å². The van der Waals surface area contributed by atoms with Gasteiger partial charge in [-0.05, 0) is 28.1 Å². The molecule has 0 unspecified atom stereocenters. The van der Waals surface area contributed by atoms with Crippen LogP contribution in [0.5, 0.6) is 11.6 Å². The van der Waals surface area contributed by atoms with Gasteiger partial charge >= 0.3 is 5.97 Å². The number of hydrogen-bond acceptors (Lipinski definition) is 4. The van der Waals surface area contributed by atoms with Gasteiger partial charge in [-0.15, -0.1) is 0 Å². The maximum Gasteiger partial charge on any atom is 0.337 e. The Balaban J connectivity index is 2.27. The van der Waals surface area contributed by atoms with Gasteiger partial charge < -0.3 is 9.84 Å². The van der Waals surface area contributed by atoms with Gasteiger partial charge in [-0.1, -0.05) is 11.6 Å². The largest absolute Gasteiger partial charge is 0.478 e. The average Bonchev–Trinajstić information content (AvgIpc) is 2.31. The number of nitrogens with zero attached hydrogens (tertiary/aromatic N) is 2. The molecule has 1 N–H and O–H groups in total. The summed E-state index contributed by atoms with van der Waals surface area (Å²) in [5, 5.41) is 8.89. The number of halogens is 2. The lowest BCUT2D eigenvalue weighted by Gasteiger charge is -2.06.